The van der Waals surface area contributed by atoms with E-state index in [2.05, 4.69) is 0 Å². The van der Waals surface area contributed by atoms with Gasteiger partial charge in [-0.2, -0.15) is 0 Å². The van der Waals surface area contributed by atoms with Crippen LogP contribution in [-0.4, -0.2) is 5.01 Å². The summed E-state index contributed by atoms with van der Waals surface area (Å²) in [6.45, 7) is 1.96. The van der Waals surface area contributed by atoms with E-state index in [-0.39, 0.29) is 0 Å². The summed E-state index contributed by atoms with van der Waals surface area (Å²) in [5.74, 6) is 5.52. The zero-order chi connectivity index (χ0) is 6.69. The number of hydrazine groups is 1. The van der Waals surface area contributed by atoms with Crippen LogP contribution in [0.3, 0.4) is 0 Å². The third-order valence-corrected chi connectivity index (χ3v) is 1.22. The molecule has 0 atom stereocenters. The highest BCUT2D eigenvalue weighted by Gasteiger charge is 1.96. The molecule has 2 heteroatoms. The van der Waals surface area contributed by atoms with E-state index in [4.69, 9.17) is 5.84 Å². The number of nitrogens with two attached hydrogens (primary N) is 1. The predicted octanol–water partition coefficient (Wildman–Crippen LogP) is 1.15. The van der Waals surface area contributed by atoms with Crippen molar-refractivity contribution in [2.24, 2.45) is 5.84 Å². The van der Waals surface area contributed by atoms with Crippen LogP contribution in [0.2, 0.25) is 0 Å². The van der Waals surface area contributed by atoms with Gasteiger partial charge in [-0.3, -0.25) is 5.01 Å². The minimum atomic E-state index is 1.03. The molecule has 0 aromatic rings. The molecule has 0 unspecified atom stereocenters. The van der Waals surface area contributed by atoms with Crippen LogP contribution < -0.4 is 5.84 Å². The summed E-state index contributed by atoms with van der Waals surface area (Å²) in [6.07, 6.45) is 9.58. The molecule has 0 saturated heterocycles. The zero-order valence-electron chi connectivity index (χ0n) is 5.41. The van der Waals surface area contributed by atoms with Gasteiger partial charge in [0.15, 0.2) is 0 Å². The van der Waals surface area contributed by atoms with Crippen molar-refractivity contribution in [3.05, 3.63) is 36.2 Å². The van der Waals surface area contributed by atoms with Crippen LogP contribution in [0.4, 0.5) is 0 Å². The van der Waals surface area contributed by atoms with E-state index >= 15 is 0 Å². The van der Waals surface area contributed by atoms with Crippen molar-refractivity contribution in [2.45, 2.75) is 6.92 Å². The maximum atomic E-state index is 5.52. The highest BCUT2D eigenvalue weighted by molar-refractivity contribution is 5.25. The lowest BCUT2D eigenvalue weighted by Crippen LogP contribution is -2.24. The fraction of sp³-hybridized carbons (Fsp3) is 0.143. The van der Waals surface area contributed by atoms with Crippen LogP contribution in [-0.2, 0) is 0 Å². The second-order valence-electron chi connectivity index (χ2n) is 1.82. The lowest BCUT2D eigenvalue weighted by Gasteiger charge is -2.16. The van der Waals surface area contributed by atoms with Crippen molar-refractivity contribution < 1.29 is 0 Å². The van der Waals surface area contributed by atoms with Crippen molar-refractivity contribution in [2.75, 3.05) is 0 Å². The fourth-order valence-corrected chi connectivity index (χ4v) is 0.714. The Bertz CT molecular complexity index is 177. The van der Waals surface area contributed by atoms with Gasteiger partial charge in [-0.1, -0.05) is 12.2 Å². The van der Waals surface area contributed by atoms with E-state index in [1.54, 1.807) is 5.01 Å². The second kappa shape index (κ2) is 2.51. The molecule has 0 fully saturated rings. The molecule has 2 N–H and O–H groups in total. The molecule has 2 nitrogen and oxygen atoms in total. The molecule has 0 amide bonds. The van der Waals surface area contributed by atoms with E-state index in [1.165, 1.54) is 0 Å². The van der Waals surface area contributed by atoms with Crippen LogP contribution >= 0.6 is 0 Å². The highest BCUT2D eigenvalue weighted by Crippen LogP contribution is 2.05. The smallest absolute Gasteiger partial charge is 0.0525 e. The molecule has 0 aliphatic carbocycles. The van der Waals surface area contributed by atoms with Gasteiger partial charge in [0.2, 0.25) is 0 Å². The third-order valence-electron chi connectivity index (χ3n) is 1.22. The topological polar surface area (TPSA) is 29.3 Å². The number of allylic oxidation sites excluding steroid dienone is 4. The first kappa shape index (κ1) is 6.11. The Morgan fingerprint density at radius 2 is 2.33 bits per heavy atom. The van der Waals surface area contributed by atoms with Gasteiger partial charge in [0.05, 0.1) is 5.70 Å². The Labute approximate surface area is 54.9 Å². The number of hydrogen-bond acceptors (Lipinski definition) is 2. The molecular weight excluding hydrogens is 112 g/mol. The normalized spacial score (nSPS) is 21.6. The quantitative estimate of drug-likeness (QED) is 0.488. The molecule has 0 aromatic heterocycles. The molecule has 1 aliphatic rings. The molecule has 1 heterocycles. The second-order valence-corrected chi connectivity index (χ2v) is 1.82. The Kier molecular flexibility index (Phi) is 1.70. The number of nitrogens with zero attached hydrogens (tertiary/aromatic N) is 1. The highest BCUT2D eigenvalue weighted by atomic mass is 15.4. The summed E-state index contributed by atoms with van der Waals surface area (Å²) in [4.78, 5) is 0. The molecule has 48 valence electrons. The van der Waals surface area contributed by atoms with E-state index in [0.29, 0.717) is 0 Å². The van der Waals surface area contributed by atoms with E-state index < -0.39 is 0 Å². The van der Waals surface area contributed by atoms with Crippen molar-refractivity contribution >= 4 is 0 Å². The monoisotopic (exact) mass is 122 g/mol. The predicted molar refractivity (Wildman–Crippen MR) is 38.1 cm³/mol. The Balaban J connectivity index is 2.78. The van der Waals surface area contributed by atoms with E-state index in [0.717, 1.165) is 5.70 Å². The third kappa shape index (κ3) is 1.21. The van der Waals surface area contributed by atoms with Gasteiger partial charge >= 0.3 is 0 Å². The fourth-order valence-electron chi connectivity index (χ4n) is 0.714. The van der Waals surface area contributed by atoms with Gasteiger partial charge in [0, 0.05) is 6.20 Å². The minimum absolute atomic E-state index is 1.03. The summed E-state index contributed by atoms with van der Waals surface area (Å²) in [5.41, 5.74) is 1.03. The van der Waals surface area contributed by atoms with E-state index in [1.807, 2.05) is 37.4 Å². The molecule has 1 rings (SSSR count). The van der Waals surface area contributed by atoms with Crippen molar-refractivity contribution in [1.29, 1.82) is 0 Å². The first-order valence-electron chi connectivity index (χ1n) is 2.89. The van der Waals surface area contributed by atoms with Gasteiger partial charge < -0.3 is 0 Å². The molecular formula is C7H10N2. The van der Waals surface area contributed by atoms with Crippen LogP contribution in [0.1, 0.15) is 6.92 Å². The Hall–Kier alpha value is -1.02. The van der Waals surface area contributed by atoms with Gasteiger partial charge in [0.25, 0.3) is 0 Å². The average Bonchev–Trinajstić information content (AvgIpc) is 1.89. The largest absolute Gasteiger partial charge is 0.287 e. The minimum Gasteiger partial charge on any atom is -0.287 e. The molecule has 1 aliphatic heterocycles. The lowest BCUT2D eigenvalue weighted by molar-refractivity contribution is 0.504. The van der Waals surface area contributed by atoms with E-state index in [9.17, 15) is 0 Å². The molecule has 0 aromatic carbocycles. The van der Waals surface area contributed by atoms with Gasteiger partial charge in [-0.05, 0) is 19.1 Å². The van der Waals surface area contributed by atoms with Gasteiger partial charge in [-0.25, -0.2) is 5.84 Å². The average molecular weight is 122 g/mol. The molecule has 0 saturated carbocycles. The SMILES string of the molecule is C/C=C1\C=CC=CN1N. The molecule has 9 heavy (non-hydrogen) atoms. The van der Waals surface area contributed by atoms with Crippen LogP contribution in [0.15, 0.2) is 36.2 Å². The van der Waals surface area contributed by atoms with Crippen molar-refractivity contribution in [3.63, 3.8) is 0 Å². The lowest BCUT2D eigenvalue weighted by atomic mass is 10.3. The molecule has 0 bridgehead atoms. The molecule has 0 radical (unpaired) electrons. The first-order chi connectivity index (χ1) is 4.34. The summed E-state index contributed by atoms with van der Waals surface area (Å²) in [5, 5.41) is 1.58. The zero-order valence-corrected chi connectivity index (χ0v) is 5.41. The number of rotatable bonds is 0. The summed E-state index contributed by atoms with van der Waals surface area (Å²) in [7, 11) is 0. The van der Waals surface area contributed by atoms with Crippen molar-refractivity contribution in [1.82, 2.24) is 5.01 Å². The van der Waals surface area contributed by atoms with Gasteiger partial charge in [-0.15, -0.1) is 0 Å². The van der Waals surface area contributed by atoms with Crippen LogP contribution in [0.5, 0.6) is 0 Å². The number of hydrogen-bond donors (Lipinski definition) is 1. The van der Waals surface area contributed by atoms with Crippen LogP contribution in [0.25, 0.3) is 0 Å². The maximum absolute atomic E-state index is 5.52. The maximum Gasteiger partial charge on any atom is 0.0525 e. The van der Waals surface area contributed by atoms with Crippen molar-refractivity contribution in [3.8, 4) is 0 Å². The van der Waals surface area contributed by atoms with Gasteiger partial charge in [0.1, 0.15) is 0 Å². The summed E-state index contributed by atoms with van der Waals surface area (Å²) >= 11 is 0. The molecule has 0 spiro atoms. The first-order valence-corrected chi connectivity index (χ1v) is 2.89. The Morgan fingerprint density at radius 1 is 1.56 bits per heavy atom. The van der Waals surface area contributed by atoms with Crippen LogP contribution in [0, 0.1) is 0 Å². The summed E-state index contributed by atoms with van der Waals surface area (Å²) in [6, 6.07) is 0. The summed E-state index contributed by atoms with van der Waals surface area (Å²) < 4.78 is 0. The Morgan fingerprint density at radius 3 is 2.78 bits per heavy atom. The standard InChI is InChI=1S/C7H10N2/c1-2-7-5-3-4-6-9(7)8/h2-6H,8H2,1H3/b7-2+.